The number of esters is 1. The third kappa shape index (κ3) is 7.51. The van der Waals surface area contributed by atoms with Crippen LogP contribution in [0, 0.1) is 0 Å². The largest absolute Gasteiger partial charge is 0.456 e. The summed E-state index contributed by atoms with van der Waals surface area (Å²) in [6.07, 6.45) is -0.139. The monoisotopic (exact) mass is 357 g/mol. The Morgan fingerprint density at radius 3 is 1.75 bits per heavy atom. The van der Waals surface area contributed by atoms with Crippen LogP contribution in [0.25, 0.3) is 0 Å². The zero-order valence-corrected chi connectivity index (χ0v) is 16.1. The molecule has 24 heavy (non-hydrogen) atoms. The Balaban J connectivity index is 0.00000529. The zero-order chi connectivity index (χ0) is 17.2. The molecule has 0 aliphatic rings. The summed E-state index contributed by atoms with van der Waals surface area (Å²) in [5.74, 6) is -0.283. The summed E-state index contributed by atoms with van der Waals surface area (Å²) < 4.78 is 5.78. The van der Waals surface area contributed by atoms with Gasteiger partial charge in [-0.15, -0.1) is 12.4 Å². The number of likely N-dealkylation sites (N-methyl/N-ethyl adjacent to an activating group) is 2. The van der Waals surface area contributed by atoms with E-state index in [2.05, 4.69) is 37.5 Å². The molecule has 1 aromatic carbocycles. The van der Waals surface area contributed by atoms with E-state index < -0.39 is 0 Å². The van der Waals surface area contributed by atoms with Crippen molar-refractivity contribution in [2.45, 2.75) is 33.8 Å². The molecule has 6 heteroatoms. The molecule has 0 amide bonds. The highest BCUT2D eigenvalue weighted by atomic mass is 35.5. The van der Waals surface area contributed by atoms with Crippen molar-refractivity contribution in [1.29, 1.82) is 0 Å². The van der Waals surface area contributed by atoms with Crippen molar-refractivity contribution in [2.24, 2.45) is 0 Å². The summed E-state index contributed by atoms with van der Waals surface area (Å²) in [4.78, 5) is 16.9. The van der Waals surface area contributed by atoms with Crippen LogP contribution in [0.3, 0.4) is 0 Å². The molecule has 0 spiro atoms. The van der Waals surface area contributed by atoms with Crippen molar-refractivity contribution < 1.29 is 9.53 Å². The first-order valence-electron chi connectivity index (χ1n) is 8.55. The van der Waals surface area contributed by atoms with Crippen molar-refractivity contribution >= 4 is 24.1 Å². The van der Waals surface area contributed by atoms with Gasteiger partial charge >= 0.3 is 5.97 Å². The molecule has 1 aromatic rings. The number of carbonyl (C=O) groups is 1. The average molecular weight is 358 g/mol. The molecule has 0 saturated heterocycles. The van der Waals surface area contributed by atoms with E-state index in [-0.39, 0.29) is 24.5 Å². The van der Waals surface area contributed by atoms with E-state index in [1.165, 1.54) is 0 Å². The molecule has 0 radical (unpaired) electrons. The Morgan fingerprint density at radius 2 is 1.38 bits per heavy atom. The summed E-state index contributed by atoms with van der Waals surface area (Å²) >= 11 is 0. The quantitative estimate of drug-likeness (QED) is 0.515. The van der Waals surface area contributed by atoms with Gasteiger partial charge in [-0.25, -0.2) is 4.79 Å². The fourth-order valence-electron chi connectivity index (χ4n) is 2.51. The van der Waals surface area contributed by atoms with Crippen molar-refractivity contribution in [1.82, 2.24) is 9.80 Å². The highest BCUT2D eigenvalue weighted by molar-refractivity contribution is 5.89. The van der Waals surface area contributed by atoms with Gasteiger partial charge in [0.25, 0.3) is 0 Å². The summed E-state index contributed by atoms with van der Waals surface area (Å²) in [6, 6.07) is 6.87. The number of nitrogens with two attached hydrogens (primary N) is 1. The molecule has 0 unspecified atom stereocenters. The van der Waals surface area contributed by atoms with Gasteiger partial charge < -0.3 is 20.3 Å². The van der Waals surface area contributed by atoms with Crippen LogP contribution in [0.15, 0.2) is 24.3 Å². The normalized spacial score (nSPS) is 11.0. The standard InChI is InChI=1S/C18H31N3O2.ClH/c1-5-20(6-2)13-17(14-21(7-3)8-4)23-18(22)15-9-11-16(19)12-10-15;/h9-12,17H,5-8,13-14,19H2,1-4H3;1H. The maximum absolute atomic E-state index is 12.4. The number of anilines is 1. The summed E-state index contributed by atoms with van der Waals surface area (Å²) in [5.41, 5.74) is 6.85. The van der Waals surface area contributed by atoms with Gasteiger partial charge in [0.15, 0.2) is 0 Å². The number of hydrogen-bond donors (Lipinski definition) is 1. The van der Waals surface area contributed by atoms with Crippen LogP contribution in [0.4, 0.5) is 5.69 Å². The number of nitrogens with zero attached hydrogens (tertiary/aromatic N) is 2. The number of hydrogen-bond acceptors (Lipinski definition) is 5. The molecule has 5 nitrogen and oxygen atoms in total. The maximum Gasteiger partial charge on any atom is 0.338 e. The fraction of sp³-hybridized carbons (Fsp3) is 0.611. The van der Waals surface area contributed by atoms with E-state index in [1.54, 1.807) is 24.3 Å². The van der Waals surface area contributed by atoms with Crippen LogP contribution in [-0.4, -0.2) is 61.1 Å². The Labute approximate surface area is 152 Å². The van der Waals surface area contributed by atoms with E-state index in [1.807, 2.05) is 0 Å². The summed E-state index contributed by atoms with van der Waals surface area (Å²) in [7, 11) is 0. The number of carbonyl (C=O) groups excluding carboxylic acids is 1. The molecular formula is C18H32ClN3O2. The van der Waals surface area contributed by atoms with Gasteiger partial charge in [-0.2, -0.15) is 0 Å². The lowest BCUT2D eigenvalue weighted by molar-refractivity contribution is 0.0108. The Bertz CT molecular complexity index is 446. The van der Waals surface area contributed by atoms with Gasteiger partial charge in [-0.3, -0.25) is 0 Å². The minimum Gasteiger partial charge on any atom is -0.456 e. The Hall–Kier alpha value is -1.30. The maximum atomic E-state index is 12.4. The van der Waals surface area contributed by atoms with E-state index in [4.69, 9.17) is 10.5 Å². The minimum atomic E-state index is -0.283. The number of ether oxygens (including phenoxy) is 1. The number of rotatable bonds is 10. The topological polar surface area (TPSA) is 58.8 Å². The van der Waals surface area contributed by atoms with Gasteiger partial charge in [0.05, 0.1) is 5.56 Å². The van der Waals surface area contributed by atoms with Crippen LogP contribution < -0.4 is 5.73 Å². The second kappa shape index (κ2) is 12.1. The molecule has 138 valence electrons. The number of halogens is 1. The second-order valence-corrected chi connectivity index (χ2v) is 5.62. The first-order valence-corrected chi connectivity index (χ1v) is 8.55. The molecule has 0 aliphatic carbocycles. The molecule has 0 bridgehead atoms. The van der Waals surface area contributed by atoms with Crippen molar-refractivity contribution in [2.75, 3.05) is 45.0 Å². The highest BCUT2D eigenvalue weighted by Gasteiger charge is 2.20. The van der Waals surface area contributed by atoms with Crippen LogP contribution in [0.1, 0.15) is 38.1 Å². The Kier molecular flexibility index (Phi) is 11.5. The molecule has 2 N–H and O–H groups in total. The lowest BCUT2D eigenvalue weighted by Crippen LogP contribution is -2.42. The van der Waals surface area contributed by atoms with Gasteiger partial charge in [-0.1, -0.05) is 27.7 Å². The molecule has 0 aromatic heterocycles. The SMILES string of the molecule is CCN(CC)CC(CN(CC)CC)OC(=O)c1ccc(N)cc1.Cl. The van der Waals surface area contributed by atoms with Gasteiger partial charge in [0.2, 0.25) is 0 Å². The summed E-state index contributed by atoms with van der Waals surface area (Å²) in [5, 5.41) is 0. The van der Waals surface area contributed by atoms with Crippen LogP contribution >= 0.6 is 12.4 Å². The average Bonchev–Trinajstić information content (AvgIpc) is 2.57. The van der Waals surface area contributed by atoms with E-state index >= 15 is 0 Å². The van der Waals surface area contributed by atoms with Gasteiger partial charge in [0.1, 0.15) is 6.10 Å². The molecule has 1 rings (SSSR count). The fourth-order valence-corrected chi connectivity index (χ4v) is 2.51. The van der Waals surface area contributed by atoms with E-state index in [9.17, 15) is 4.79 Å². The highest BCUT2D eigenvalue weighted by Crippen LogP contribution is 2.10. The molecule has 0 heterocycles. The van der Waals surface area contributed by atoms with Crippen LogP contribution in [0.2, 0.25) is 0 Å². The number of nitrogen functional groups attached to an aromatic ring is 1. The van der Waals surface area contributed by atoms with E-state index in [0.717, 1.165) is 39.3 Å². The van der Waals surface area contributed by atoms with Gasteiger partial charge in [0, 0.05) is 18.8 Å². The minimum absolute atomic E-state index is 0. The lowest BCUT2D eigenvalue weighted by atomic mass is 10.2. The molecule has 0 saturated carbocycles. The molecule has 0 atom stereocenters. The first-order chi connectivity index (χ1) is 11.0. The van der Waals surface area contributed by atoms with E-state index in [0.29, 0.717) is 11.3 Å². The molecule has 0 fully saturated rings. The summed E-state index contributed by atoms with van der Waals surface area (Å²) in [6.45, 7) is 13.8. The van der Waals surface area contributed by atoms with Gasteiger partial charge in [-0.05, 0) is 50.4 Å². The number of benzene rings is 1. The Morgan fingerprint density at radius 1 is 0.958 bits per heavy atom. The third-order valence-electron chi connectivity index (χ3n) is 4.13. The van der Waals surface area contributed by atoms with Crippen molar-refractivity contribution in [3.63, 3.8) is 0 Å². The third-order valence-corrected chi connectivity index (χ3v) is 4.13. The molecular weight excluding hydrogens is 326 g/mol. The van der Waals surface area contributed by atoms with Crippen molar-refractivity contribution in [3.05, 3.63) is 29.8 Å². The smallest absolute Gasteiger partial charge is 0.338 e. The first kappa shape index (κ1) is 22.7. The lowest BCUT2D eigenvalue weighted by Gasteiger charge is -2.29. The zero-order valence-electron chi connectivity index (χ0n) is 15.3. The molecule has 0 aliphatic heterocycles. The van der Waals surface area contributed by atoms with Crippen molar-refractivity contribution in [3.8, 4) is 0 Å². The predicted molar refractivity (Wildman–Crippen MR) is 103 cm³/mol. The predicted octanol–water partition coefficient (Wildman–Crippen LogP) is 2.90. The van der Waals surface area contributed by atoms with Crippen LogP contribution in [0.5, 0.6) is 0 Å². The second-order valence-electron chi connectivity index (χ2n) is 5.62. The van der Waals surface area contributed by atoms with Crippen LogP contribution in [-0.2, 0) is 4.74 Å².